The number of piperazine rings is 1. The zero-order chi connectivity index (χ0) is 22.8. The summed E-state index contributed by atoms with van der Waals surface area (Å²) >= 11 is 0. The van der Waals surface area contributed by atoms with E-state index in [9.17, 15) is 9.59 Å². The number of rotatable bonds is 6. The molecule has 5 rings (SSSR count). The Balaban J connectivity index is 1.20. The maximum Gasteiger partial charge on any atom is 0.326 e. The molecule has 3 aromatic rings. The van der Waals surface area contributed by atoms with Crippen molar-refractivity contribution in [1.29, 1.82) is 0 Å². The van der Waals surface area contributed by atoms with E-state index in [2.05, 4.69) is 39.4 Å². The average Bonchev–Trinajstić information content (AvgIpc) is 3.07. The minimum Gasteiger partial charge on any atom is -0.319 e. The van der Waals surface area contributed by atoms with E-state index in [1.165, 1.54) is 10.5 Å². The summed E-state index contributed by atoms with van der Waals surface area (Å²) in [5, 5.41) is 5.12. The number of nitrogens with one attached hydrogen (secondary N) is 1. The maximum atomic E-state index is 13.4. The van der Waals surface area contributed by atoms with Crippen LogP contribution >= 0.6 is 0 Å². The molecule has 1 atom stereocenters. The van der Waals surface area contributed by atoms with Gasteiger partial charge in [-0.2, -0.15) is 0 Å². The molecule has 3 amide bonds. The van der Waals surface area contributed by atoms with Crippen LogP contribution in [0.4, 0.5) is 4.79 Å². The summed E-state index contributed by atoms with van der Waals surface area (Å²) < 4.78 is 0. The van der Waals surface area contributed by atoms with Crippen LogP contribution in [-0.2, 0) is 16.8 Å². The number of hydrogen-bond donors (Lipinski definition) is 1. The van der Waals surface area contributed by atoms with Gasteiger partial charge in [-0.25, -0.2) is 9.69 Å². The summed E-state index contributed by atoms with van der Waals surface area (Å²) in [7, 11) is 0. The predicted octanol–water partition coefficient (Wildman–Crippen LogP) is 3.42. The first-order valence-electron chi connectivity index (χ1n) is 11.6. The Bertz CT molecular complexity index is 1160. The van der Waals surface area contributed by atoms with Gasteiger partial charge in [-0.05, 0) is 41.3 Å². The smallest absolute Gasteiger partial charge is 0.319 e. The van der Waals surface area contributed by atoms with Crippen LogP contribution in [0.5, 0.6) is 0 Å². The maximum absolute atomic E-state index is 13.4. The number of carbonyl (C=O) groups is 2. The second-order valence-electron chi connectivity index (χ2n) is 9.19. The third-order valence-corrected chi connectivity index (χ3v) is 6.97. The first-order valence-corrected chi connectivity index (χ1v) is 11.6. The van der Waals surface area contributed by atoms with Gasteiger partial charge >= 0.3 is 6.03 Å². The zero-order valence-electron chi connectivity index (χ0n) is 19.0. The Labute approximate surface area is 194 Å². The molecule has 2 fully saturated rings. The van der Waals surface area contributed by atoms with Crippen molar-refractivity contribution < 1.29 is 9.59 Å². The van der Waals surface area contributed by atoms with Crippen LogP contribution in [0.1, 0.15) is 18.1 Å². The fourth-order valence-electron chi connectivity index (χ4n) is 4.81. The molecule has 0 spiro atoms. The third-order valence-electron chi connectivity index (χ3n) is 6.97. The van der Waals surface area contributed by atoms with Crippen LogP contribution < -0.4 is 5.32 Å². The van der Waals surface area contributed by atoms with E-state index in [1.54, 1.807) is 6.92 Å². The lowest BCUT2D eigenvalue weighted by atomic mass is 9.90. The number of nitrogens with zero attached hydrogens (tertiary/aromatic N) is 3. The Morgan fingerprint density at radius 2 is 1.48 bits per heavy atom. The number of benzene rings is 3. The van der Waals surface area contributed by atoms with Crippen molar-refractivity contribution in [2.45, 2.75) is 18.9 Å². The first-order chi connectivity index (χ1) is 16.0. The van der Waals surface area contributed by atoms with Gasteiger partial charge in [0.25, 0.3) is 5.91 Å². The summed E-state index contributed by atoms with van der Waals surface area (Å²) in [6.45, 7) is 6.74. The van der Waals surface area contributed by atoms with E-state index in [1.807, 2.05) is 48.5 Å². The molecule has 33 heavy (non-hydrogen) atoms. The molecule has 0 aromatic heterocycles. The highest BCUT2D eigenvalue weighted by atomic mass is 16.2. The largest absolute Gasteiger partial charge is 0.326 e. The predicted molar refractivity (Wildman–Crippen MR) is 130 cm³/mol. The third kappa shape index (κ3) is 4.36. The summed E-state index contributed by atoms with van der Waals surface area (Å²) in [6.07, 6.45) is 1.04. The Morgan fingerprint density at radius 1 is 0.818 bits per heavy atom. The molecule has 0 radical (unpaired) electrons. The molecule has 0 unspecified atom stereocenters. The fraction of sp³-hybridized carbons (Fsp3) is 0.333. The minimum atomic E-state index is -1.04. The van der Waals surface area contributed by atoms with Crippen molar-refractivity contribution in [3.8, 4) is 0 Å². The van der Waals surface area contributed by atoms with Crippen molar-refractivity contribution in [2.24, 2.45) is 0 Å². The molecule has 3 aromatic carbocycles. The molecule has 2 aliphatic heterocycles. The minimum absolute atomic E-state index is 0.186. The SMILES string of the molecule is C[C@]1(c2ccc3ccccc3c2)NC(=O)N(CN2CCN(CCc3ccccc3)CC2)C1=O. The highest BCUT2D eigenvalue weighted by molar-refractivity contribution is 6.07. The molecule has 2 heterocycles. The van der Waals surface area contributed by atoms with Crippen LogP contribution in [0.25, 0.3) is 10.8 Å². The summed E-state index contributed by atoms with van der Waals surface area (Å²) in [4.78, 5) is 32.2. The lowest BCUT2D eigenvalue weighted by Crippen LogP contribution is -2.51. The lowest BCUT2D eigenvalue weighted by Gasteiger charge is -2.36. The second-order valence-corrected chi connectivity index (χ2v) is 9.19. The summed E-state index contributed by atoms with van der Waals surface area (Å²) in [6, 6.07) is 24.2. The number of hydrogen-bond acceptors (Lipinski definition) is 4. The number of imide groups is 1. The molecule has 0 aliphatic carbocycles. The number of urea groups is 1. The van der Waals surface area contributed by atoms with Crippen molar-refractivity contribution in [1.82, 2.24) is 20.0 Å². The molecule has 2 aliphatic rings. The highest BCUT2D eigenvalue weighted by Crippen LogP contribution is 2.31. The topological polar surface area (TPSA) is 55.9 Å². The highest BCUT2D eigenvalue weighted by Gasteiger charge is 2.49. The fourth-order valence-corrected chi connectivity index (χ4v) is 4.81. The molecular formula is C27H30N4O2. The molecule has 170 valence electrons. The van der Waals surface area contributed by atoms with Crippen molar-refractivity contribution in [2.75, 3.05) is 39.4 Å². The van der Waals surface area contributed by atoms with Gasteiger partial charge in [-0.1, -0.05) is 66.7 Å². The molecule has 0 saturated carbocycles. The van der Waals surface area contributed by atoms with E-state index in [-0.39, 0.29) is 11.9 Å². The molecular weight excluding hydrogens is 412 g/mol. The first kappa shape index (κ1) is 21.6. The van der Waals surface area contributed by atoms with Gasteiger partial charge in [0.15, 0.2) is 0 Å². The van der Waals surface area contributed by atoms with Crippen LogP contribution in [0.15, 0.2) is 72.8 Å². The van der Waals surface area contributed by atoms with Crippen LogP contribution in [0, 0.1) is 0 Å². The summed E-state index contributed by atoms with van der Waals surface area (Å²) in [5.74, 6) is -0.186. The van der Waals surface area contributed by atoms with Crippen LogP contribution in [-0.4, -0.2) is 66.0 Å². The van der Waals surface area contributed by atoms with E-state index in [0.717, 1.165) is 55.5 Å². The molecule has 6 heteroatoms. The van der Waals surface area contributed by atoms with Gasteiger partial charge in [0.1, 0.15) is 5.54 Å². The quantitative estimate of drug-likeness (QED) is 0.595. The van der Waals surface area contributed by atoms with Gasteiger partial charge in [0.05, 0.1) is 6.67 Å². The van der Waals surface area contributed by atoms with E-state index in [0.29, 0.717) is 6.67 Å². The number of carbonyl (C=O) groups excluding carboxylic acids is 2. The molecule has 0 bridgehead atoms. The van der Waals surface area contributed by atoms with Gasteiger partial charge in [0, 0.05) is 32.7 Å². The zero-order valence-corrected chi connectivity index (χ0v) is 19.0. The van der Waals surface area contributed by atoms with E-state index < -0.39 is 5.54 Å². The standard InChI is InChI=1S/C27H30N4O2/c1-27(24-12-11-22-9-5-6-10-23(22)19-24)25(32)31(26(33)28-27)20-30-17-15-29(16-18-30)14-13-21-7-3-2-4-8-21/h2-12,19H,13-18,20H2,1H3,(H,28,33)/t27-/m1/s1. The lowest BCUT2D eigenvalue weighted by molar-refractivity contribution is -0.132. The van der Waals surface area contributed by atoms with E-state index >= 15 is 0 Å². The Kier molecular flexibility index (Phi) is 5.87. The van der Waals surface area contributed by atoms with Crippen LogP contribution in [0.3, 0.4) is 0 Å². The van der Waals surface area contributed by atoms with Gasteiger partial charge in [-0.3, -0.25) is 9.69 Å². The average molecular weight is 443 g/mol. The van der Waals surface area contributed by atoms with Gasteiger partial charge < -0.3 is 10.2 Å². The Hall–Kier alpha value is -3.22. The normalized spacial score (nSPS) is 22.2. The van der Waals surface area contributed by atoms with Gasteiger partial charge in [-0.15, -0.1) is 0 Å². The summed E-state index contributed by atoms with van der Waals surface area (Å²) in [5.41, 5.74) is 1.12. The second kappa shape index (κ2) is 8.96. The van der Waals surface area contributed by atoms with Gasteiger partial charge in [0.2, 0.25) is 0 Å². The number of fused-ring (bicyclic) bond motifs is 1. The van der Waals surface area contributed by atoms with Crippen molar-refractivity contribution in [3.63, 3.8) is 0 Å². The molecule has 2 saturated heterocycles. The number of amides is 3. The monoisotopic (exact) mass is 442 g/mol. The molecule has 6 nitrogen and oxygen atoms in total. The van der Waals surface area contributed by atoms with E-state index in [4.69, 9.17) is 0 Å². The van der Waals surface area contributed by atoms with Crippen molar-refractivity contribution >= 4 is 22.7 Å². The van der Waals surface area contributed by atoms with Crippen LogP contribution in [0.2, 0.25) is 0 Å². The molecule has 1 N–H and O–H groups in total. The Morgan fingerprint density at radius 3 is 2.24 bits per heavy atom. The van der Waals surface area contributed by atoms with Crippen molar-refractivity contribution in [3.05, 3.63) is 83.9 Å².